The topological polar surface area (TPSA) is 50.4 Å². The molecule has 0 rings (SSSR count). The van der Waals surface area contributed by atoms with Gasteiger partial charge in [-0.05, 0) is 13.0 Å². The van der Waals surface area contributed by atoms with Crippen LogP contribution in [0.25, 0.3) is 0 Å². The van der Waals surface area contributed by atoms with Crippen LogP contribution in [-0.4, -0.2) is 39.3 Å². The van der Waals surface area contributed by atoms with Crippen molar-refractivity contribution in [2.45, 2.75) is 19.8 Å². The maximum atomic E-state index is 10.7. The zero-order chi connectivity index (χ0) is 9.94. The van der Waals surface area contributed by atoms with E-state index in [2.05, 4.69) is 17.6 Å². The fraction of sp³-hybridized carbons (Fsp3) is 0.889. The Labute approximate surface area is 80.0 Å². The van der Waals surface area contributed by atoms with E-state index in [0.29, 0.717) is 19.6 Å². The predicted molar refractivity (Wildman–Crippen MR) is 52.7 cm³/mol. The summed E-state index contributed by atoms with van der Waals surface area (Å²) in [5.41, 5.74) is 0. The summed E-state index contributed by atoms with van der Waals surface area (Å²) in [6.07, 6.45) is 1.59. The van der Waals surface area contributed by atoms with Crippen molar-refractivity contribution in [3.63, 3.8) is 0 Å². The molecule has 0 aliphatic rings. The summed E-state index contributed by atoms with van der Waals surface area (Å²) in [5.74, 6) is 0.0292. The molecule has 78 valence electrons. The van der Waals surface area contributed by atoms with E-state index in [1.807, 2.05) is 0 Å². The Kier molecular flexibility index (Phi) is 9.03. The Morgan fingerprint density at radius 2 is 2.08 bits per heavy atom. The van der Waals surface area contributed by atoms with Gasteiger partial charge in [-0.3, -0.25) is 4.79 Å². The van der Waals surface area contributed by atoms with Gasteiger partial charge in [-0.1, -0.05) is 6.92 Å². The molecule has 1 amide bonds. The smallest absolute Gasteiger partial charge is 0.222 e. The average molecular weight is 188 g/mol. The molecule has 13 heavy (non-hydrogen) atoms. The molecular formula is C9H20N2O2. The van der Waals surface area contributed by atoms with Gasteiger partial charge in [0.2, 0.25) is 5.91 Å². The lowest BCUT2D eigenvalue weighted by molar-refractivity contribution is -0.121. The Hall–Kier alpha value is -0.610. The standard InChI is InChI=1S/C9H20N2O2/c1-3-5-11-6-8-13-7-4-9(12)10-2/h11H,3-8H2,1-2H3,(H,10,12). The molecule has 0 saturated carbocycles. The molecule has 0 aliphatic carbocycles. The van der Waals surface area contributed by atoms with Gasteiger partial charge in [0.25, 0.3) is 0 Å². The molecular weight excluding hydrogens is 168 g/mol. The van der Waals surface area contributed by atoms with E-state index >= 15 is 0 Å². The zero-order valence-corrected chi connectivity index (χ0v) is 8.56. The van der Waals surface area contributed by atoms with Crippen LogP contribution < -0.4 is 10.6 Å². The summed E-state index contributed by atoms with van der Waals surface area (Å²) < 4.78 is 5.23. The van der Waals surface area contributed by atoms with Crippen molar-refractivity contribution in [1.82, 2.24) is 10.6 Å². The van der Waals surface area contributed by atoms with Crippen molar-refractivity contribution in [3.05, 3.63) is 0 Å². The molecule has 0 aromatic heterocycles. The van der Waals surface area contributed by atoms with E-state index in [4.69, 9.17) is 4.74 Å². The van der Waals surface area contributed by atoms with Crippen LogP contribution in [0.3, 0.4) is 0 Å². The third-order valence-corrected chi connectivity index (χ3v) is 1.60. The van der Waals surface area contributed by atoms with E-state index in [9.17, 15) is 4.79 Å². The van der Waals surface area contributed by atoms with Crippen LogP contribution in [-0.2, 0) is 9.53 Å². The van der Waals surface area contributed by atoms with Gasteiger partial charge in [-0.15, -0.1) is 0 Å². The Balaban J connectivity index is 2.95. The molecule has 0 aliphatic heterocycles. The van der Waals surface area contributed by atoms with Gasteiger partial charge in [-0.2, -0.15) is 0 Å². The molecule has 0 atom stereocenters. The normalized spacial score (nSPS) is 10.0. The molecule has 0 bridgehead atoms. The largest absolute Gasteiger partial charge is 0.380 e. The minimum atomic E-state index is 0.0292. The second kappa shape index (κ2) is 9.48. The number of nitrogens with one attached hydrogen (secondary N) is 2. The number of rotatable bonds is 8. The van der Waals surface area contributed by atoms with Gasteiger partial charge in [0.05, 0.1) is 13.2 Å². The van der Waals surface area contributed by atoms with Crippen LogP contribution in [0.2, 0.25) is 0 Å². The van der Waals surface area contributed by atoms with Gasteiger partial charge in [0.1, 0.15) is 0 Å². The lowest BCUT2D eigenvalue weighted by atomic mass is 10.4. The third kappa shape index (κ3) is 9.30. The van der Waals surface area contributed by atoms with Crippen LogP contribution in [0.15, 0.2) is 0 Å². The first-order valence-electron chi connectivity index (χ1n) is 4.80. The Bertz CT molecular complexity index is 129. The van der Waals surface area contributed by atoms with Gasteiger partial charge in [0.15, 0.2) is 0 Å². The lowest BCUT2D eigenvalue weighted by Crippen LogP contribution is -2.23. The quantitative estimate of drug-likeness (QED) is 0.533. The van der Waals surface area contributed by atoms with Crippen molar-refractivity contribution in [1.29, 1.82) is 0 Å². The third-order valence-electron chi connectivity index (χ3n) is 1.60. The summed E-state index contributed by atoms with van der Waals surface area (Å²) in [4.78, 5) is 10.7. The maximum absolute atomic E-state index is 10.7. The number of carbonyl (C=O) groups is 1. The van der Waals surface area contributed by atoms with Gasteiger partial charge in [-0.25, -0.2) is 0 Å². The summed E-state index contributed by atoms with van der Waals surface area (Å²) in [6, 6.07) is 0. The number of ether oxygens (including phenoxy) is 1. The van der Waals surface area contributed by atoms with Gasteiger partial charge in [0, 0.05) is 20.0 Å². The van der Waals surface area contributed by atoms with Crippen molar-refractivity contribution in [3.8, 4) is 0 Å². The highest BCUT2D eigenvalue weighted by molar-refractivity contribution is 5.75. The summed E-state index contributed by atoms with van der Waals surface area (Å²) in [6.45, 7) is 5.20. The second-order valence-corrected chi connectivity index (χ2v) is 2.79. The minimum absolute atomic E-state index is 0.0292. The van der Waals surface area contributed by atoms with Crippen LogP contribution in [0.5, 0.6) is 0 Å². The monoisotopic (exact) mass is 188 g/mol. The van der Waals surface area contributed by atoms with Gasteiger partial charge < -0.3 is 15.4 Å². The van der Waals surface area contributed by atoms with Gasteiger partial charge >= 0.3 is 0 Å². The molecule has 2 N–H and O–H groups in total. The molecule has 0 radical (unpaired) electrons. The number of carbonyl (C=O) groups excluding carboxylic acids is 1. The van der Waals surface area contributed by atoms with E-state index in [1.165, 1.54) is 0 Å². The average Bonchev–Trinajstić information content (AvgIpc) is 2.16. The van der Waals surface area contributed by atoms with Crippen LogP contribution >= 0.6 is 0 Å². The van der Waals surface area contributed by atoms with Crippen molar-refractivity contribution >= 4 is 5.91 Å². The second-order valence-electron chi connectivity index (χ2n) is 2.79. The SMILES string of the molecule is CCCNCCOCCC(=O)NC. The minimum Gasteiger partial charge on any atom is -0.380 e. The molecule has 0 heterocycles. The number of hydrogen-bond acceptors (Lipinski definition) is 3. The molecule has 4 heteroatoms. The first-order valence-corrected chi connectivity index (χ1v) is 4.80. The summed E-state index contributed by atoms with van der Waals surface area (Å²) in [7, 11) is 1.63. The molecule has 0 saturated heterocycles. The van der Waals surface area contributed by atoms with Crippen molar-refractivity contribution < 1.29 is 9.53 Å². The van der Waals surface area contributed by atoms with Crippen LogP contribution in [0, 0.1) is 0 Å². The number of amides is 1. The number of hydrogen-bond donors (Lipinski definition) is 2. The lowest BCUT2D eigenvalue weighted by Gasteiger charge is -2.04. The molecule has 0 aromatic carbocycles. The highest BCUT2D eigenvalue weighted by Gasteiger charge is 1.96. The summed E-state index contributed by atoms with van der Waals surface area (Å²) in [5, 5.41) is 5.75. The molecule has 0 spiro atoms. The first kappa shape index (κ1) is 12.4. The molecule has 0 fully saturated rings. The van der Waals surface area contributed by atoms with Crippen molar-refractivity contribution in [2.24, 2.45) is 0 Å². The highest BCUT2D eigenvalue weighted by atomic mass is 16.5. The van der Waals surface area contributed by atoms with E-state index < -0.39 is 0 Å². The Morgan fingerprint density at radius 1 is 1.31 bits per heavy atom. The fourth-order valence-electron chi connectivity index (χ4n) is 0.838. The van der Waals surface area contributed by atoms with Crippen LogP contribution in [0.1, 0.15) is 19.8 Å². The molecule has 0 unspecified atom stereocenters. The Morgan fingerprint density at radius 3 is 2.69 bits per heavy atom. The van der Waals surface area contributed by atoms with E-state index in [-0.39, 0.29) is 5.91 Å². The van der Waals surface area contributed by atoms with Crippen LogP contribution in [0.4, 0.5) is 0 Å². The van der Waals surface area contributed by atoms with E-state index in [0.717, 1.165) is 19.5 Å². The maximum Gasteiger partial charge on any atom is 0.222 e. The van der Waals surface area contributed by atoms with Crippen molar-refractivity contribution in [2.75, 3.05) is 33.4 Å². The summed E-state index contributed by atoms with van der Waals surface area (Å²) >= 11 is 0. The molecule has 0 aromatic rings. The zero-order valence-electron chi connectivity index (χ0n) is 8.56. The van der Waals surface area contributed by atoms with E-state index in [1.54, 1.807) is 7.05 Å². The predicted octanol–water partition coefficient (Wildman–Crippen LogP) is 0.139. The molecule has 4 nitrogen and oxygen atoms in total. The first-order chi connectivity index (χ1) is 6.31. The highest BCUT2D eigenvalue weighted by Crippen LogP contribution is 1.81. The fourth-order valence-corrected chi connectivity index (χ4v) is 0.838.